The third-order valence-electron chi connectivity index (χ3n) is 3.27. The van der Waals surface area contributed by atoms with Gasteiger partial charge in [0.05, 0.1) is 0 Å². The summed E-state index contributed by atoms with van der Waals surface area (Å²) >= 11 is 0. The highest BCUT2D eigenvalue weighted by Crippen LogP contribution is 2.42. The Balaban J connectivity index is 2.10. The molecule has 82 valence electrons. The van der Waals surface area contributed by atoms with Crippen LogP contribution in [0.2, 0.25) is 0 Å². The molecule has 2 rings (SSSR count). The number of halogens is 3. The van der Waals surface area contributed by atoms with E-state index in [0.29, 0.717) is 6.04 Å². The molecule has 2 aliphatic rings. The van der Waals surface area contributed by atoms with Gasteiger partial charge in [0.15, 0.2) is 0 Å². The van der Waals surface area contributed by atoms with Crippen molar-refractivity contribution in [3.63, 3.8) is 0 Å². The summed E-state index contributed by atoms with van der Waals surface area (Å²) in [7, 11) is 0. The largest absolute Gasteiger partial charge is 0.407 e. The smallest absolute Gasteiger partial charge is 0.317 e. The molecule has 5 heteroatoms. The standard InChI is InChI=1S/C9H15F3N2/c1-6-4-8(13,9(10,11)12)5-14(6)7-2-3-7/h6-7H,2-5,13H2,1H3. The zero-order valence-corrected chi connectivity index (χ0v) is 8.14. The molecule has 0 radical (unpaired) electrons. The van der Waals surface area contributed by atoms with Gasteiger partial charge in [-0.3, -0.25) is 4.90 Å². The first-order valence-electron chi connectivity index (χ1n) is 4.95. The molecule has 2 N–H and O–H groups in total. The Morgan fingerprint density at radius 3 is 2.29 bits per heavy atom. The second-order valence-electron chi connectivity index (χ2n) is 4.61. The third kappa shape index (κ3) is 1.52. The summed E-state index contributed by atoms with van der Waals surface area (Å²) in [6.07, 6.45) is -2.19. The molecule has 1 aliphatic carbocycles. The van der Waals surface area contributed by atoms with E-state index in [9.17, 15) is 13.2 Å². The molecule has 1 aliphatic heterocycles. The van der Waals surface area contributed by atoms with E-state index in [1.807, 2.05) is 11.8 Å². The topological polar surface area (TPSA) is 29.3 Å². The van der Waals surface area contributed by atoms with Crippen molar-refractivity contribution in [2.24, 2.45) is 5.73 Å². The van der Waals surface area contributed by atoms with Crippen LogP contribution in [0.5, 0.6) is 0 Å². The van der Waals surface area contributed by atoms with Crippen LogP contribution in [0.3, 0.4) is 0 Å². The van der Waals surface area contributed by atoms with Crippen molar-refractivity contribution in [2.45, 2.75) is 50.0 Å². The predicted octanol–water partition coefficient (Wildman–Crippen LogP) is 1.50. The first-order valence-corrected chi connectivity index (χ1v) is 4.95. The fourth-order valence-corrected chi connectivity index (χ4v) is 2.29. The Kier molecular flexibility index (Phi) is 2.09. The lowest BCUT2D eigenvalue weighted by Gasteiger charge is -2.27. The Morgan fingerprint density at radius 2 is 1.93 bits per heavy atom. The molecule has 2 nitrogen and oxygen atoms in total. The molecule has 0 spiro atoms. The zero-order chi connectivity index (χ0) is 10.6. The molecule has 2 atom stereocenters. The molecular formula is C9H15F3N2. The first kappa shape index (κ1) is 10.2. The fraction of sp³-hybridized carbons (Fsp3) is 1.00. The molecule has 1 saturated carbocycles. The van der Waals surface area contributed by atoms with E-state index in [1.165, 1.54) is 0 Å². The highest BCUT2D eigenvalue weighted by atomic mass is 19.4. The van der Waals surface area contributed by atoms with Crippen LogP contribution in [0.15, 0.2) is 0 Å². The minimum Gasteiger partial charge on any atom is -0.317 e. The number of hydrogen-bond acceptors (Lipinski definition) is 2. The normalized spacial score (nSPS) is 40.5. The number of nitrogens with two attached hydrogens (primary N) is 1. The lowest BCUT2D eigenvalue weighted by atomic mass is 9.97. The van der Waals surface area contributed by atoms with Crippen molar-refractivity contribution in [3.05, 3.63) is 0 Å². The van der Waals surface area contributed by atoms with Crippen molar-refractivity contribution in [2.75, 3.05) is 6.54 Å². The number of nitrogens with zero attached hydrogens (tertiary/aromatic N) is 1. The van der Waals surface area contributed by atoms with Gasteiger partial charge in [-0.15, -0.1) is 0 Å². The Bertz CT molecular complexity index is 237. The third-order valence-corrected chi connectivity index (χ3v) is 3.27. The molecule has 14 heavy (non-hydrogen) atoms. The highest BCUT2D eigenvalue weighted by Gasteiger charge is 2.58. The maximum atomic E-state index is 12.6. The van der Waals surface area contributed by atoms with Crippen molar-refractivity contribution in [3.8, 4) is 0 Å². The van der Waals surface area contributed by atoms with Gasteiger partial charge < -0.3 is 5.73 Å². The summed E-state index contributed by atoms with van der Waals surface area (Å²) in [5.41, 5.74) is 3.44. The van der Waals surface area contributed by atoms with Gasteiger partial charge >= 0.3 is 6.18 Å². The van der Waals surface area contributed by atoms with E-state index in [1.54, 1.807) is 0 Å². The van der Waals surface area contributed by atoms with Crippen LogP contribution in [0.1, 0.15) is 26.2 Å². The molecule has 1 saturated heterocycles. The summed E-state index contributed by atoms with van der Waals surface area (Å²) in [5, 5.41) is 0. The van der Waals surface area contributed by atoms with Gasteiger partial charge in [-0.1, -0.05) is 0 Å². The van der Waals surface area contributed by atoms with Crippen LogP contribution in [-0.4, -0.2) is 35.2 Å². The maximum Gasteiger partial charge on any atom is 0.407 e. The minimum atomic E-state index is -4.27. The Hall–Kier alpha value is -0.290. The van der Waals surface area contributed by atoms with Crippen LogP contribution >= 0.6 is 0 Å². The second kappa shape index (κ2) is 2.85. The molecule has 0 amide bonds. The Morgan fingerprint density at radius 1 is 1.36 bits per heavy atom. The van der Waals surface area contributed by atoms with Gasteiger partial charge in [-0.25, -0.2) is 0 Å². The SMILES string of the molecule is CC1CC(N)(C(F)(F)F)CN1C1CC1. The molecule has 0 aromatic rings. The fourth-order valence-electron chi connectivity index (χ4n) is 2.29. The van der Waals surface area contributed by atoms with E-state index in [0.717, 1.165) is 12.8 Å². The van der Waals surface area contributed by atoms with E-state index in [2.05, 4.69) is 0 Å². The quantitative estimate of drug-likeness (QED) is 0.707. The van der Waals surface area contributed by atoms with Crippen LogP contribution in [0.25, 0.3) is 0 Å². The predicted molar refractivity (Wildman–Crippen MR) is 46.8 cm³/mol. The van der Waals surface area contributed by atoms with Gasteiger partial charge in [0.1, 0.15) is 5.54 Å². The van der Waals surface area contributed by atoms with Crippen LogP contribution in [0, 0.1) is 0 Å². The molecule has 0 aromatic heterocycles. The van der Waals surface area contributed by atoms with Crippen LogP contribution < -0.4 is 5.73 Å². The van der Waals surface area contributed by atoms with Gasteiger partial charge in [-0.2, -0.15) is 13.2 Å². The summed E-state index contributed by atoms with van der Waals surface area (Å²) in [6.45, 7) is 1.81. The molecule has 1 heterocycles. The average molecular weight is 208 g/mol. The van der Waals surface area contributed by atoms with Crippen molar-refractivity contribution in [1.82, 2.24) is 4.90 Å². The van der Waals surface area contributed by atoms with Gasteiger partial charge in [-0.05, 0) is 26.2 Å². The van der Waals surface area contributed by atoms with E-state index in [-0.39, 0.29) is 19.0 Å². The maximum absolute atomic E-state index is 12.6. The molecule has 2 fully saturated rings. The summed E-state index contributed by atoms with van der Waals surface area (Å²) in [5.74, 6) is 0. The summed E-state index contributed by atoms with van der Waals surface area (Å²) in [4.78, 5) is 1.91. The van der Waals surface area contributed by atoms with E-state index in [4.69, 9.17) is 5.73 Å². The monoisotopic (exact) mass is 208 g/mol. The van der Waals surface area contributed by atoms with E-state index >= 15 is 0 Å². The Labute approximate surface area is 81.2 Å². The second-order valence-corrected chi connectivity index (χ2v) is 4.61. The molecule has 0 aromatic carbocycles. The number of alkyl halides is 3. The van der Waals surface area contributed by atoms with Crippen molar-refractivity contribution < 1.29 is 13.2 Å². The summed E-state index contributed by atoms with van der Waals surface area (Å²) in [6, 6.07) is 0.326. The van der Waals surface area contributed by atoms with Crippen molar-refractivity contribution in [1.29, 1.82) is 0 Å². The highest BCUT2D eigenvalue weighted by molar-refractivity contribution is 5.06. The zero-order valence-electron chi connectivity index (χ0n) is 8.14. The number of likely N-dealkylation sites (tertiary alicyclic amines) is 1. The van der Waals surface area contributed by atoms with Crippen LogP contribution in [-0.2, 0) is 0 Å². The lowest BCUT2D eigenvalue weighted by molar-refractivity contribution is -0.182. The lowest BCUT2D eigenvalue weighted by Crippen LogP contribution is -2.55. The summed E-state index contributed by atoms with van der Waals surface area (Å²) < 4.78 is 37.9. The minimum absolute atomic E-state index is 0.0255. The van der Waals surface area contributed by atoms with Gasteiger partial charge in [0.25, 0.3) is 0 Å². The van der Waals surface area contributed by atoms with Gasteiger partial charge in [0, 0.05) is 18.6 Å². The van der Waals surface area contributed by atoms with E-state index < -0.39 is 11.7 Å². The average Bonchev–Trinajstić information content (AvgIpc) is 2.77. The van der Waals surface area contributed by atoms with Crippen LogP contribution in [0.4, 0.5) is 13.2 Å². The first-order chi connectivity index (χ1) is 6.33. The molecule has 0 bridgehead atoms. The number of hydrogen-bond donors (Lipinski definition) is 1. The van der Waals surface area contributed by atoms with Gasteiger partial charge in [0.2, 0.25) is 0 Å². The van der Waals surface area contributed by atoms with Crippen molar-refractivity contribution >= 4 is 0 Å². The molecular weight excluding hydrogens is 193 g/mol. The molecule has 2 unspecified atom stereocenters. The number of rotatable bonds is 1.